The SMILES string of the molecule is N#Cc1ccccc1Nc1cc(C(=O)Nc2ccc(Cl)c(Cl)c2)ncn1. The average molecular weight is 384 g/mol. The third-order valence-electron chi connectivity index (χ3n) is 3.39. The maximum absolute atomic E-state index is 12.4. The number of halogens is 2. The number of nitriles is 1. The molecular weight excluding hydrogens is 373 g/mol. The van der Waals surface area contributed by atoms with Gasteiger partial charge in [0.25, 0.3) is 5.91 Å². The van der Waals surface area contributed by atoms with Crippen LogP contribution >= 0.6 is 23.2 Å². The van der Waals surface area contributed by atoms with Crippen molar-refractivity contribution in [3.05, 3.63) is 76.2 Å². The predicted octanol–water partition coefficient (Wildman–Crippen LogP) is 4.65. The van der Waals surface area contributed by atoms with E-state index in [0.717, 1.165) is 0 Å². The van der Waals surface area contributed by atoms with Crippen molar-refractivity contribution in [3.63, 3.8) is 0 Å². The van der Waals surface area contributed by atoms with Gasteiger partial charge in [-0.15, -0.1) is 0 Å². The molecule has 0 aliphatic heterocycles. The lowest BCUT2D eigenvalue weighted by molar-refractivity contribution is 0.102. The molecule has 0 aliphatic carbocycles. The van der Waals surface area contributed by atoms with Crippen LogP contribution in [0.2, 0.25) is 10.0 Å². The van der Waals surface area contributed by atoms with Crippen molar-refractivity contribution < 1.29 is 4.79 Å². The van der Waals surface area contributed by atoms with Crippen molar-refractivity contribution in [3.8, 4) is 6.07 Å². The highest BCUT2D eigenvalue weighted by molar-refractivity contribution is 6.42. The van der Waals surface area contributed by atoms with Crippen molar-refractivity contribution in [2.24, 2.45) is 0 Å². The second-order valence-corrected chi connectivity index (χ2v) is 5.97. The number of nitrogens with one attached hydrogen (secondary N) is 2. The summed E-state index contributed by atoms with van der Waals surface area (Å²) in [5, 5.41) is 15.6. The molecule has 0 saturated carbocycles. The van der Waals surface area contributed by atoms with E-state index in [1.807, 2.05) is 0 Å². The lowest BCUT2D eigenvalue weighted by Gasteiger charge is -2.09. The van der Waals surface area contributed by atoms with E-state index in [0.29, 0.717) is 32.8 Å². The first-order valence-electron chi connectivity index (χ1n) is 7.41. The number of benzene rings is 2. The van der Waals surface area contributed by atoms with E-state index in [-0.39, 0.29) is 5.69 Å². The molecule has 0 saturated heterocycles. The Kier molecular flexibility index (Phi) is 5.32. The third-order valence-corrected chi connectivity index (χ3v) is 4.13. The monoisotopic (exact) mass is 383 g/mol. The van der Waals surface area contributed by atoms with E-state index >= 15 is 0 Å². The van der Waals surface area contributed by atoms with Gasteiger partial charge in [0, 0.05) is 11.8 Å². The maximum atomic E-state index is 12.4. The number of para-hydroxylation sites is 1. The second-order valence-electron chi connectivity index (χ2n) is 5.15. The average Bonchev–Trinajstić information content (AvgIpc) is 2.65. The molecular formula is C18H11Cl2N5O. The van der Waals surface area contributed by atoms with E-state index in [1.54, 1.807) is 42.5 Å². The molecule has 3 aromatic rings. The molecule has 2 aromatic carbocycles. The van der Waals surface area contributed by atoms with Gasteiger partial charge in [-0.25, -0.2) is 9.97 Å². The zero-order valence-corrected chi connectivity index (χ0v) is 14.7. The summed E-state index contributed by atoms with van der Waals surface area (Å²) >= 11 is 11.8. The topological polar surface area (TPSA) is 90.7 Å². The van der Waals surface area contributed by atoms with Gasteiger partial charge in [-0.1, -0.05) is 35.3 Å². The number of carbonyl (C=O) groups is 1. The Morgan fingerprint density at radius 3 is 2.62 bits per heavy atom. The molecule has 128 valence electrons. The molecule has 0 aliphatic rings. The summed E-state index contributed by atoms with van der Waals surface area (Å²) in [6.45, 7) is 0. The second kappa shape index (κ2) is 7.83. The first-order chi connectivity index (χ1) is 12.6. The van der Waals surface area contributed by atoms with Crippen LogP contribution in [0.15, 0.2) is 54.9 Å². The predicted molar refractivity (Wildman–Crippen MR) is 101 cm³/mol. The van der Waals surface area contributed by atoms with Crippen molar-refractivity contribution in [1.29, 1.82) is 5.26 Å². The molecule has 2 N–H and O–H groups in total. The summed E-state index contributed by atoms with van der Waals surface area (Å²) in [6.07, 6.45) is 1.26. The molecule has 1 amide bonds. The highest BCUT2D eigenvalue weighted by Gasteiger charge is 2.11. The van der Waals surface area contributed by atoms with Crippen LogP contribution in [0.5, 0.6) is 0 Å². The molecule has 0 spiro atoms. The van der Waals surface area contributed by atoms with Gasteiger partial charge in [0.05, 0.1) is 21.3 Å². The summed E-state index contributed by atoms with van der Waals surface area (Å²) in [5.41, 5.74) is 1.70. The van der Waals surface area contributed by atoms with Crippen LogP contribution in [0.25, 0.3) is 0 Å². The fourth-order valence-electron chi connectivity index (χ4n) is 2.15. The first kappa shape index (κ1) is 17.7. The van der Waals surface area contributed by atoms with Gasteiger partial charge in [-0.05, 0) is 30.3 Å². The lowest BCUT2D eigenvalue weighted by Crippen LogP contribution is -2.14. The number of rotatable bonds is 4. The van der Waals surface area contributed by atoms with Crippen molar-refractivity contribution in [1.82, 2.24) is 9.97 Å². The molecule has 26 heavy (non-hydrogen) atoms. The summed E-state index contributed by atoms with van der Waals surface area (Å²) in [4.78, 5) is 20.4. The number of anilines is 3. The molecule has 3 rings (SSSR count). The van der Waals surface area contributed by atoms with Crippen LogP contribution in [0.4, 0.5) is 17.2 Å². The molecule has 1 aromatic heterocycles. The number of hydrogen-bond acceptors (Lipinski definition) is 5. The molecule has 0 radical (unpaired) electrons. The number of aromatic nitrogens is 2. The first-order valence-corrected chi connectivity index (χ1v) is 8.17. The zero-order valence-electron chi connectivity index (χ0n) is 13.2. The van der Waals surface area contributed by atoms with Crippen LogP contribution in [0.1, 0.15) is 16.1 Å². The Morgan fingerprint density at radius 2 is 1.85 bits per heavy atom. The molecule has 8 heteroatoms. The van der Waals surface area contributed by atoms with Crippen molar-refractivity contribution >= 4 is 46.3 Å². The standard InChI is InChI=1S/C18H11Cl2N5O/c19-13-6-5-12(7-14(13)20)24-18(26)16-8-17(23-10-22-16)25-15-4-2-1-3-11(15)9-21/h1-8,10H,(H,24,26)(H,22,23,25). The minimum atomic E-state index is -0.428. The Labute approximate surface area is 159 Å². The number of hydrogen-bond donors (Lipinski definition) is 2. The van der Waals surface area contributed by atoms with E-state index in [9.17, 15) is 4.79 Å². The fraction of sp³-hybridized carbons (Fsp3) is 0. The van der Waals surface area contributed by atoms with E-state index in [4.69, 9.17) is 28.5 Å². The lowest BCUT2D eigenvalue weighted by atomic mass is 10.2. The fourth-order valence-corrected chi connectivity index (χ4v) is 2.44. The van der Waals surface area contributed by atoms with Crippen LogP contribution in [-0.2, 0) is 0 Å². The van der Waals surface area contributed by atoms with E-state index in [2.05, 4.69) is 26.7 Å². The van der Waals surface area contributed by atoms with Crippen molar-refractivity contribution in [2.45, 2.75) is 0 Å². The molecule has 0 atom stereocenters. The van der Waals surface area contributed by atoms with Crippen LogP contribution in [-0.4, -0.2) is 15.9 Å². The Balaban J connectivity index is 1.79. The van der Waals surface area contributed by atoms with Gasteiger partial charge in [-0.3, -0.25) is 4.79 Å². The van der Waals surface area contributed by atoms with Crippen LogP contribution in [0, 0.1) is 11.3 Å². The summed E-state index contributed by atoms with van der Waals surface area (Å²) in [7, 11) is 0. The molecule has 1 heterocycles. The van der Waals surface area contributed by atoms with Crippen LogP contribution < -0.4 is 10.6 Å². The highest BCUT2D eigenvalue weighted by atomic mass is 35.5. The number of amides is 1. The molecule has 0 fully saturated rings. The van der Waals surface area contributed by atoms with Gasteiger partial charge in [0.1, 0.15) is 23.9 Å². The van der Waals surface area contributed by atoms with Gasteiger partial charge < -0.3 is 10.6 Å². The number of nitrogens with zero attached hydrogens (tertiary/aromatic N) is 3. The van der Waals surface area contributed by atoms with Crippen molar-refractivity contribution in [2.75, 3.05) is 10.6 Å². The Hall–Kier alpha value is -3.14. The normalized spacial score (nSPS) is 10.0. The molecule has 0 unspecified atom stereocenters. The summed E-state index contributed by atoms with van der Waals surface area (Å²) in [5.74, 6) is -0.0376. The summed E-state index contributed by atoms with van der Waals surface area (Å²) in [6, 6.07) is 15.3. The zero-order chi connectivity index (χ0) is 18.5. The van der Waals surface area contributed by atoms with Gasteiger partial charge in [0.2, 0.25) is 0 Å². The Morgan fingerprint density at radius 1 is 1.04 bits per heavy atom. The Bertz CT molecular complexity index is 1020. The minimum absolute atomic E-state index is 0.156. The molecule has 0 bridgehead atoms. The summed E-state index contributed by atoms with van der Waals surface area (Å²) < 4.78 is 0. The quantitative estimate of drug-likeness (QED) is 0.683. The molecule has 6 nitrogen and oxygen atoms in total. The van der Waals surface area contributed by atoms with Gasteiger partial charge in [-0.2, -0.15) is 5.26 Å². The smallest absolute Gasteiger partial charge is 0.274 e. The highest BCUT2D eigenvalue weighted by Crippen LogP contribution is 2.25. The maximum Gasteiger partial charge on any atom is 0.274 e. The minimum Gasteiger partial charge on any atom is -0.339 e. The van der Waals surface area contributed by atoms with E-state index < -0.39 is 5.91 Å². The van der Waals surface area contributed by atoms with Crippen LogP contribution in [0.3, 0.4) is 0 Å². The van der Waals surface area contributed by atoms with E-state index in [1.165, 1.54) is 12.4 Å². The number of carbonyl (C=O) groups excluding carboxylic acids is 1. The third kappa shape index (κ3) is 4.09. The van der Waals surface area contributed by atoms with Gasteiger partial charge >= 0.3 is 0 Å². The largest absolute Gasteiger partial charge is 0.339 e. The van der Waals surface area contributed by atoms with Gasteiger partial charge in [0.15, 0.2) is 0 Å².